The molecule has 4 nitrogen and oxygen atoms in total. The number of quaternary nitrogens is 1. The van der Waals surface area contributed by atoms with Crippen LogP contribution in [-0.2, 0) is 10.1 Å². The third-order valence-electron chi connectivity index (χ3n) is 5.60. The van der Waals surface area contributed by atoms with E-state index in [9.17, 15) is 30.5 Å². The molecule has 0 radical (unpaired) electrons. The number of alkyl halides is 4. The van der Waals surface area contributed by atoms with Crippen LogP contribution in [0.5, 0.6) is 0 Å². The summed E-state index contributed by atoms with van der Waals surface area (Å²) in [4.78, 5) is 0. The molecular formula is C20H41F4NO3S. The molecule has 0 fully saturated rings. The second-order valence-electron chi connectivity index (χ2n) is 7.41. The molecule has 0 spiro atoms. The highest BCUT2D eigenvalue weighted by Crippen LogP contribution is 2.19. The first-order valence-electron chi connectivity index (χ1n) is 10.8. The van der Waals surface area contributed by atoms with Gasteiger partial charge in [0.25, 0.3) is 0 Å². The molecule has 0 aliphatic carbocycles. The van der Waals surface area contributed by atoms with E-state index in [1.54, 1.807) is 0 Å². The standard InChI is InChI=1S/C12H22F4O3S.C8H20N/c13-8-6-4-2-1-3-5-7-10(14)12(16)11(15)9-20(17,18)19;1-5-9(6-2,7-3)8-4/h10-12H,1-9H2,(H,17,18,19);5-8H2,1-4H3/q;+1/p-1. The maximum Gasteiger partial charge on any atom is 0.163 e. The number of hydrogen-bond donors (Lipinski definition) is 0. The largest absolute Gasteiger partial charge is 0.748 e. The summed E-state index contributed by atoms with van der Waals surface area (Å²) in [5, 5.41) is 0. The van der Waals surface area contributed by atoms with Gasteiger partial charge in [0.15, 0.2) is 6.17 Å². The topological polar surface area (TPSA) is 57.2 Å². The average Bonchev–Trinajstić information content (AvgIpc) is 2.68. The molecule has 0 N–H and O–H groups in total. The van der Waals surface area contributed by atoms with Crippen molar-refractivity contribution in [2.75, 3.05) is 38.6 Å². The first-order chi connectivity index (χ1) is 13.5. The van der Waals surface area contributed by atoms with Crippen LogP contribution in [0.3, 0.4) is 0 Å². The third kappa shape index (κ3) is 16.0. The summed E-state index contributed by atoms with van der Waals surface area (Å²) in [6, 6.07) is 0. The van der Waals surface area contributed by atoms with Gasteiger partial charge in [-0.3, -0.25) is 4.39 Å². The Morgan fingerprint density at radius 1 is 0.759 bits per heavy atom. The van der Waals surface area contributed by atoms with Crippen LogP contribution in [0.2, 0.25) is 0 Å². The molecule has 178 valence electrons. The molecule has 0 bridgehead atoms. The van der Waals surface area contributed by atoms with Crippen molar-refractivity contribution in [3.8, 4) is 0 Å². The lowest BCUT2D eigenvalue weighted by molar-refractivity contribution is -0.921. The normalized spacial score (nSPS) is 15.3. The Morgan fingerprint density at radius 2 is 1.17 bits per heavy atom. The Morgan fingerprint density at radius 3 is 1.52 bits per heavy atom. The molecule has 0 saturated heterocycles. The molecule has 0 aromatic heterocycles. The number of rotatable bonds is 16. The minimum Gasteiger partial charge on any atom is -0.748 e. The summed E-state index contributed by atoms with van der Waals surface area (Å²) < 4.78 is 83.3. The van der Waals surface area contributed by atoms with Gasteiger partial charge in [-0.25, -0.2) is 21.6 Å². The summed E-state index contributed by atoms with van der Waals surface area (Å²) in [5.41, 5.74) is 0. The molecule has 0 heterocycles. The van der Waals surface area contributed by atoms with E-state index in [-0.39, 0.29) is 13.1 Å². The predicted octanol–water partition coefficient (Wildman–Crippen LogP) is 5.13. The first kappa shape index (κ1) is 30.8. The highest BCUT2D eigenvalue weighted by atomic mass is 32.2. The zero-order valence-electron chi connectivity index (χ0n) is 18.5. The van der Waals surface area contributed by atoms with Gasteiger partial charge in [-0.2, -0.15) is 0 Å². The van der Waals surface area contributed by atoms with Crippen molar-refractivity contribution in [1.29, 1.82) is 0 Å². The molecule has 0 aliphatic rings. The highest BCUT2D eigenvalue weighted by Gasteiger charge is 2.30. The lowest BCUT2D eigenvalue weighted by Gasteiger charge is -2.34. The van der Waals surface area contributed by atoms with E-state index >= 15 is 0 Å². The molecule has 9 heteroatoms. The predicted molar refractivity (Wildman–Crippen MR) is 110 cm³/mol. The van der Waals surface area contributed by atoms with Gasteiger partial charge >= 0.3 is 0 Å². The summed E-state index contributed by atoms with van der Waals surface area (Å²) in [5.74, 6) is -1.54. The summed E-state index contributed by atoms with van der Waals surface area (Å²) in [7, 11) is -4.90. The minimum absolute atomic E-state index is 0.219. The fourth-order valence-electron chi connectivity index (χ4n) is 3.16. The van der Waals surface area contributed by atoms with E-state index in [0.29, 0.717) is 19.3 Å². The van der Waals surface area contributed by atoms with E-state index in [0.717, 1.165) is 19.3 Å². The third-order valence-corrected chi connectivity index (χ3v) is 6.33. The van der Waals surface area contributed by atoms with Gasteiger partial charge in [0.1, 0.15) is 12.3 Å². The van der Waals surface area contributed by atoms with Crippen LogP contribution in [0.15, 0.2) is 0 Å². The second-order valence-corrected chi connectivity index (χ2v) is 8.85. The van der Waals surface area contributed by atoms with Crippen LogP contribution in [0.25, 0.3) is 0 Å². The van der Waals surface area contributed by atoms with Gasteiger partial charge < -0.3 is 9.04 Å². The van der Waals surface area contributed by atoms with E-state index in [4.69, 9.17) is 0 Å². The lowest BCUT2D eigenvalue weighted by atomic mass is 10.0. The van der Waals surface area contributed by atoms with Crippen LogP contribution < -0.4 is 0 Å². The smallest absolute Gasteiger partial charge is 0.163 e. The van der Waals surface area contributed by atoms with Gasteiger partial charge in [-0.05, 0) is 40.5 Å². The Kier molecular flexibility index (Phi) is 18.4. The maximum atomic E-state index is 13.3. The fraction of sp³-hybridized carbons (Fsp3) is 1.00. The van der Waals surface area contributed by atoms with Gasteiger partial charge in [0, 0.05) is 0 Å². The van der Waals surface area contributed by atoms with Crippen LogP contribution >= 0.6 is 0 Å². The fourth-order valence-corrected chi connectivity index (χ4v) is 3.73. The van der Waals surface area contributed by atoms with E-state index < -0.39 is 34.4 Å². The van der Waals surface area contributed by atoms with Crippen molar-refractivity contribution < 1.29 is 35.0 Å². The SMILES string of the molecule is CC[N+](CC)(CC)CC.O=S(=O)([O-])CC(F)C(F)C(F)CCCCCCCCF. The zero-order valence-corrected chi connectivity index (χ0v) is 19.3. The lowest BCUT2D eigenvalue weighted by Crippen LogP contribution is -2.47. The molecule has 3 atom stereocenters. The molecule has 3 unspecified atom stereocenters. The molecule has 0 amide bonds. The first-order valence-corrected chi connectivity index (χ1v) is 12.4. The van der Waals surface area contributed by atoms with E-state index in [2.05, 4.69) is 27.7 Å². The van der Waals surface area contributed by atoms with Crippen molar-refractivity contribution in [2.24, 2.45) is 0 Å². The molecule has 29 heavy (non-hydrogen) atoms. The number of nitrogens with zero attached hydrogens (tertiary/aromatic N) is 1. The summed E-state index contributed by atoms with van der Waals surface area (Å²) >= 11 is 0. The Balaban J connectivity index is 0. The number of hydrogen-bond acceptors (Lipinski definition) is 3. The van der Waals surface area contributed by atoms with Crippen molar-refractivity contribution in [3.63, 3.8) is 0 Å². The summed E-state index contributed by atoms with van der Waals surface area (Å²) in [6.07, 6.45) is -3.79. The van der Waals surface area contributed by atoms with E-state index in [1.807, 2.05) is 0 Å². The zero-order chi connectivity index (χ0) is 22.9. The molecular weight excluding hydrogens is 410 g/mol. The van der Waals surface area contributed by atoms with E-state index in [1.165, 1.54) is 30.7 Å². The molecule has 0 rings (SSSR count). The van der Waals surface area contributed by atoms with Crippen molar-refractivity contribution in [2.45, 2.75) is 91.2 Å². The molecule has 0 aromatic rings. The molecule has 0 aromatic carbocycles. The van der Waals surface area contributed by atoms with Gasteiger partial charge in [-0.1, -0.05) is 32.1 Å². The average molecular weight is 452 g/mol. The van der Waals surface area contributed by atoms with Gasteiger partial charge in [-0.15, -0.1) is 0 Å². The van der Waals surface area contributed by atoms with Crippen molar-refractivity contribution in [3.05, 3.63) is 0 Å². The number of halogens is 4. The van der Waals surface area contributed by atoms with Crippen LogP contribution in [-0.4, -0.2) is 74.6 Å². The van der Waals surface area contributed by atoms with Crippen LogP contribution in [0.1, 0.15) is 72.6 Å². The van der Waals surface area contributed by atoms with Gasteiger partial charge in [0.2, 0.25) is 0 Å². The highest BCUT2D eigenvalue weighted by molar-refractivity contribution is 7.85. The molecule has 0 saturated carbocycles. The minimum atomic E-state index is -4.90. The van der Waals surface area contributed by atoms with Crippen LogP contribution in [0.4, 0.5) is 17.6 Å². The monoisotopic (exact) mass is 451 g/mol. The molecule has 0 aliphatic heterocycles. The Hall–Kier alpha value is -0.410. The summed E-state index contributed by atoms with van der Waals surface area (Å²) in [6.45, 7) is 13.9. The van der Waals surface area contributed by atoms with Crippen molar-refractivity contribution >= 4 is 10.1 Å². The van der Waals surface area contributed by atoms with Gasteiger partial charge in [0.05, 0.1) is 48.7 Å². The van der Waals surface area contributed by atoms with Crippen molar-refractivity contribution in [1.82, 2.24) is 0 Å². The van der Waals surface area contributed by atoms with Crippen LogP contribution in [0, 0.1) is 0 Å². The Bertz CT molecular complexity index is 459. The Labute approximate surface area is 175 Å². The second kappa shape index (κ2) is 17.3. The number of unbranched alkanes of at least 4 members (excludes halogenated alkanes) is 5. The quantitative estimate of drug-likeness (QED) is 0.141. The maximum absolute atomic E-state index is 13.3.